The van der Waals surface area contributed by atoms with E-state index in [4.69, 9.17) is 10.5 Å². The first kappa shape index (κ1) is 9.92. The lowest BCUT2D eigenvalue weighted by atomic mass is 9.93. The number of aromatic nitrogens is 2. The highest BCUT2D eigenvalue weighted by Gasteiger charge is 2.22. The molecule has 13 heavy (non-hydrogen) atoms. The molecule has 1 heterocycles. The highest BCUT2D eigenvalue weighted by Crippen LogP contribution is 2.18. The lowest BCUT2D eigenvalue weighted by Crippen LogP contribution is -2.30. The Balaban J connectivity index is 3.01. The molecule has 0 radical (unpaired) electrons. The molecule has 1 aromatic rings. The van der Waals surface area contributed by atoms with Crippen LogP contribution in [0.5, 0.6) is 5.88 Å². The van der Waals surface area contributed by atoms with Crippen LogP contribution in [0.3, 0.4) is 0 Å². The van der Waals surface area contributed by atoms with Crippen molar-refractivity contribution in [3.05, 3.63) is 18.1 Å². The Kier molecular flexibility index (Phi) is 2.83. The predicted octanol–water partition coefficient (Wildman–Crippen LogP) is 0.721. The summed E-state index contributed by atoms with van der Waals surface area (Å²) in [6, 6.07) is 1.72. The summed E-state index contributed by atoms with van der Waals surface area (Å²) in [4.78, 5) is 8.38. The van der Waals surface area contributed by atoms with E-state index in [-0.39, 0.29) is 5.41 Å². The summed E-state index contributed by atoms with van der Waals surface area (Å²) in [5.74, 6) is 1.29. The van der Waals surface area contributed by atoms with Gasteiger partial charge in [0, 0.05) is 24.2 Å². The Morgan fingerprint density at radius 1 is 1.54 bits per heavy atom. The number of ether oxygens (including phenoxy) is 1. The number of hydrogen-bond donors (Lipinski definition) is 1. The molecule has 0 saturated carbocycles. The first-order valence-corrected chi connectivity index (χ1v) is 4.18. The van der Waals surface area contributed by atoms with E-state index in [0.29, 0.717) is 18.2 Å². The Morgan fingerprint density at radius 3 is 2.77 bits per heavy atom. The SMILES string of the molecule is COc1ccnc(C(C)(C)CN)n1. The van der Waals surface area contributed by atoms with Crippen molar-refractivity contribution in [2.75, 3.05) is 13.7 Å². The van der Waals surface area contributed by atoms with E-state index in [1.807, 2.05) is 13.8 Å². The molecule has 1 aromatic heterocycles. The third-order valence-electron chi connectivity index (χ3n) is 1.95. The highest BCUT2D eigenvalue weighted by molar-refractivity contribution is 5.13. The topological polar surface area (TPSA) is 61.0 Å². The fourth-order valence-electron chi connectivity index (χ4n) is 0.873. The Hall–Kier alpha value is -1.16. The number of rotatable bonds is 3. The van der Waals surface area contributed by atoms with E-state index in [1.54, 1.807) is 19.4 Å². The van der Waals surface area contributed by atoms with Crippen LogP contribution in [0.2, 0.25) is 0 Å². The van der Waals surface area contributed by atoms with Gasteiger partial charge in [-0.3, -0.25) is 0 Å². The van der Waals surface area contributed by atoms with Crippen molar-refractivity contribution < 1.29 is 4.74 Å². The van der Waals surface area contributed by atoms with Gasteiger partial charge < -0.3 is 10.5 Å². The van der Waals surface area contributed by atoms with Crippen LogP contribution < -0.4 is 10.5 Å². The van der Waals surface area contributed by atoms with Gasteiger partial charge in [-0.1, -0.05) is 13.8 Å². The normalized spacial score (nSPS) is 11.4. The van der Waals surface area contributed by atoms with Crippen LogP contribution in [-0.4, -0.2) is 23.6 Å². The monoisotopic (exact) mass is 181 g/mol. The molecule has 4 nitrogen and oxygen atoms in total. The summed E-state index contributed by atoms with van der Waals surface area (Å²) in [6.07, 6.45) is 1.68. The van der Waals surface area contributed by atoms with Crippen molar-refractivity contribution >= 4 is 0 Å². The highest BCUT2D eigenvalue weighted by atomic mass is 16.5. The number of nitrogens with zero attached hydrogens (tertiary/aromatic N) is 2. The molecule has 1 rings (SSSR count). The van der Waals surface area contributed by atoms with Gasteiger partial charge in [-0.15, -0.1) is 0 Å². The molecule has 0 bridgehead atoms. The van der Waals surface area contributed by atoms with Gasteiger partial charge in [-0.2, -0.15) is 4.98 Å². The standard InChI is InChI=1S/C9H15N3O/c1-9(2,6-10)8-11-5-4-7(12-8)13-3/h4-5H,6,10H2,1-3H3. The molecule has 2 N–H and O–H groups in total. The fraction of sp³-hybridized carbons (Fsp3) is 0.556. The summed E-state index contributed by atoms with van der Waals surface area (Å²) in [6.45, 7) is 4.52. The second-order valence-corrected chi connectivity index (χ2v) is 3.51. The molecule has 72 valence electrons. The first-order chi connectivity index (χ1) is 6.10. The zero-order valence-electron chi connectivity index (χ0n) is 8.24. The van der Waals surface area contributed by atoms with Gasteiger partial charge in [0.25, 0.3) is 0 Å². The number of hydrogen-bond acceptors (Lipinski definition) is 4. The predicted molar refractivity (Wildman–Crippen MR) is 50.7 cm³/mol. The summed E-state index contributed by atoms with van der Waals surface area (Å²) in [7, 11) is 1.58. The summed E-state index contributed by atoms with van der Waals surface area (Å²) in [5.41, 5.74) is 5.41. The van der Waals surface area contributed by atoms with Crippen molar-refractivity contribution in [1.29, 1.82) is 0 Å². The molecular weight excluding hydrogens is 166 g/mol. The molecule has 0 fully saturated rings. The minimum absolute atomic E-state index is 0.200. The second kappa shape index (κ2) is 3.70. The van der Waals surface area contributed by atoms with E-state index in [2.05, 4.69) is 9.97 Å². The van der Waals surface area contributed by atoms with E-state index in [0.717, 1.165) is 0 Å². The van der Waals surface area contributed by atoms with Crippen molar-refractivity contribution in [3.8, 4) is 5.88 Å². The average Bonchev–Trinajstić information content (AvgIpc) is 2.18. The van der Waals surface area contributed by atoms with Crippen LogP contribution >= 0.6 is 0 Å². The van der Waals surface area contributed by atoms with Crippen molar-refractivity contribution in [2.24, 2.45) is 5.73 Å². The lowest BCUT2D eigenvalue weighted by Gasteiger charge is -2.20. The average molecular weight is 181 g/mol. The van der Waals surface area contributed by atoms with Gasteiger partial charge in [0.2, 0.25) is 5.88 Å². The van der Waals surface area contributed by atoms with Crippen molar-refractivity contribution in [1.82, 2.24) is 9.97 Å². The van der Waals surface area contributed by atoms with Crippen LogP contribution in [0.4, 0.5) is 0 Å². The second-order valence-electron chi connectivity index (χ2n) is 3.51. The Morgan fingerprint density at radius 2 is 2.23 bits per heavy atom. The maximum absolute atomic E-state index is 5.61. The third kappa shape index (κ3) is 2.15. The summed E-state index contributed by atoms with van der Waals surface area (Å²) in [5, 5.41) is 0. The number of methoxy groups -OCH3 is 1. The fourth-order valence-corrected chi connectivity index (χ4v) is 0.873. The van der Waals surface area contributed by atoms with Gasteiger partial charge in [-0.25, -0.2) is 4.98 Å². The minimum atomic E-state index is -0.200. The smallest absolute Gasteiger partial charge is 0.216 e. The minimum Gasteiger partial charge on any atom is -0.481 e. The molecule has 0 unspecified atom stereocenters. The largest absolute Gasteiger partial charge is 0.481 e. The Bertz CT molecular complexity index is 286. The van der Waals surface area contributed by atoms with Crippen molar-refractivity contribution in [3.63, 3.8) is 0 Å². The van der Waals surface area contributed by atoms with Crippen LogP contribution in [-0.2, 0) is 5.41 Å². The quantitative estimate of drug-likeness (QED) is 0.746. The maximum atomic E-state index is 5.61. The third-order valence-corrected chi connectivity index (χ3v) is 1.95. The lowest BCUT2D eigenvalue weighted by molar-refractivity contribution is 0.386. The summed E-state index contributed by atoms with van der Waals surface area (Å²) >= 11 is 0. The van der Waals surface area contributed by atoms with Gasteiger partial charge >= 0.3 is 0 Å². The molecule has 0 aromatic carbocycles. The first-order valence-electron chi connectivity index (χ1n) is 4.18. The van der Waals surface area contributed by atoms with Crippen molar-refractivity contribution in [2.45, 2.75) is 19.3 Å². The zero-order chi connectivity index (χ0) is 9.90. The molecule has 0 amide bonds. The molecule has 0 aliphatic carbocycles. The molecule has 0 spiro atoms. The molecule has 0 aliphatic rings. The van der Waals surface area contributed by atoms with E-state index >= 15 is 0 Å². The van der Waals surface area contributed by atoms with Crippen LogP contribution in [0, 0.1) is 0 Å². The number of nitrogens with two attached hydrogens (primary N) is 1. The van der Waals surface area contributed by atoms with Crippen LogP contribution in [0.15, 0.2) is 12.3 Å². The van der Waals surface area contributed by atoms with Gasteiger partial charge in [-0.05, 0) is 0 Å². The van der Waals surface area contributed by atoms with Crippen LogP contribution in [0.1, 0.15) is 19.7 Å². The molecular formula is C9H15N3O. The van der Waals surface area contributed by atoms with Gasteiger partial charge in [0.15, 0.2) is 0 Å². The van der Waals surface area contributed by atoms with Gasteiger partial charge in [0.05, 0.1) is 7.11 Å². The van der Waals surface area contributed by atoms with Gasteiger partial charge in [0.1, 0.15) is 5.82 Å². The summed E-state index contributed by atoms with van der Waals surface area (Å²) < 4.78 is 5.00. The maximum Gasteiger partial charge on any atom is 0.216 e. The van der Waals surface area contributed by atoms with Crippen LogP contribution in [0.25, 0.3) is 0 Å². The van der Waals surface area contributed by atoms with E-state index < -0.39 is 0 Å². The molecule has 0 atom stereocenters. The zero-order valence-corrected chi connectivity index (χ0v) is 8.24. The van der Waals surface area contributed by atoms with E-state index in [9.17, 15) is 0 Å². The Labute approximate surface area is 78.1 Å². The molecule has 4 heteroatoms. The molecule has 0 saturated heterocycles. The molecule has 0 aliphatic heterocycles. The van der Waals surface area contributed by atoms with E-state index in [1.165, 1.54) is 0 Å².